The lowest BCUT2D eigenvalue weighted by Crippen LogP contribution is -2.01. The number of hydrogen-bond acceptors (Lipinski definition) is 3. The van der Waals surface area contributed by atoms with E-state index in [4.69, 9.17) is 0 Å². The van der Waals surface area contributed by atoms with E-state index < -0.39 is 0 Å². The first-order valence-electron chi connectivity index (χ1n) is 4.01. The zero-order valence-corrected chi connectivity index (χ0v) is 9.56. The lowest BCUT2D eigenvalue weighted by Gasteiger charge is -1.95. The molecule has 0 bridgehead atoms. The highest BCUT2D eigenvalue weighted by atomic mass is 79.9. The number of ketones is 1. The first kappa shape index (κ1) is 9.61. The number of aromatic amines is 1. The van der Waals surface area contributed by atoms with Crippen molar-refractivity contribution in [2.75, 3.05) is 0 Å². The lowest BCUT2D eigenvalue weighted by molar-refractivity contribution is 0.0993. The van der Waals surface area contributed by atoms with Crippen LogP contribution in [-0.2, 0) is 6.42 Å². The minimum Gasteiger partial charge on any atom is -0.294 e. The monoisotopic (exact) mass is 270 g/mol. The van der Waals surface area contributed by atoms with Crippen LogP contribution in [-0.4, -0.2) is 16.0 Å². The lowest BCUT2D eigenvalue weighted by atomic mass is 10.1. The van der Waals surface area contributed by atoms with Gasteiger partial charge in [0.25, 0.3) is 0 Å². The van der Waals surface area contributed by atoms with E-state index in [-0.39, 0.29) is 5.78 Å². The molecule has 0 saturated carbocycles. The standard InChI is InChI=1S/C9H7BrN2OS/c10-9-6(1-2-14-9)3-8(13)7-4-11-12-5-7/h1-2,4-5H,3H2,(H,11,12). The van der Waals surface area contributed by atoms with Crippen molar-refractivity contribution in [1.82, 2.24) is 10.2 Å². The van der Waals surface area contributed by atoms with Gasteiger partial charge in [-0.2, -0.15) is 5.10 Å². The highest BCUT2D eigenvalue weighted by Crippen LogP contribution is 2.24. The summed E-state index contributed by atoms with van der Waals surface area (Å²) in [5.74, 6) is 0.0813. The second-order valence-electron chi connectivity index (χ2n) is 2.81. The van der Waals surface area contributed by atoms with Crippen LogP contribution in [0.4, 0.5) is 0 Å². The molecule has 0 fully saturated rings. The van der Waals surface area contributed by atoms with Crippen LogP contribution >= 0.6 is 27.3 Å². The second kappa shape index (κ2) is 4.06. The Morgan fingerprint density at radius 1 is 1.64 bits per heavy atom. The Morgan fingerprint density at radius 2 is 2.50 bits per heavy atom. The number of aromatic nitrogens is 2. The highest BCUT2D eigenvalue weighted by molar-refractivity contribution is 9.11. The van der Waals surface area contributed by atoms with E-state index in [1.807, 2.05) is 11.4 Å². The summed E-state index contributed by atoms with van der Waals surface area (Å²) in [6, 6.07) is 1.95. The first-order valence-corrected chi connectivity index (χ1v) is 5.68. The minimum atomic E-state index is 0.0813. The summed E-state index contributed by atoms with van der Waals surface area (Å²) in [4.78, 5) is 11.6. The summed E-state index contributed by atoms with van der Waals surface area (Å²) in [6.45, 7) is 0. The normalized spacial score (nSPS) is 10.4. The van der Waals surface area contributed by atoms with Crippen molar-refractivity contribution >= 4 is 33.0 Å². The molecule has 2 aromatic heterocycles. The number of rotatable bonds is 3. The molecule has 0 spiro atoms. The minimum absolute atomic E-state index is 0.0813. The summed E-state index contributed by atoms with van der Waals surface area (Å²) in [5.41, 5.74) is 1.66. The van der Waals surface area contributed by atoms with Gasteiger partial charge < -0.3 is 0 Å². The highest BCUT2D eigenvalue weighted by Gasteiger charge is 2.10. The van der Waals surface area contributed by atoms with E-state index in [1.54, 1.807) is 23.7 Å². The Hall–Kier alpha value is -0.940. The molecule has 0 aliphatic carbocycles. The number of nitrogens with one attached hydrogen (secondary N) is 1. The fourth-order valence-electron chi connectivity index (χ4n) is 1.12. The average Bonchev–Trinajstić information content (AvgIpc) is 2.77. The zero-order chi connectivity index (χ0) is 9.97. The SMILES string of the molecule is O=C(Cc1ccsc1Br)c1cn[nH]c1. The van der Waals surface area contributed by atoms with Crippen LogP contribution in [0.2, 0.25) is 0 Å². The number of halogens is 1. The van der Waals surface area contributed by atoms with Crippen molar-refractivity contribution in [2.45, 2.75) is 6.42 Å². The molecule has 14 heavy (non-hydrogen) atoms. The quantitative estimate of drug-likeness (QED) is 0.872. The maximum Gasteiger partial charge on any atom is 0.170 e. The van der Waals surface area contributed by atoms with Gasteiger partial charge in [0.2, 0.25) is 0 Å². The number of hydrogen-bond donors (Lipinski definition) is 1. The van der Waals surface area contributed by atoms with Crippen LogP contribution in [0.1, 0.15) is 15.9 Å². The van der Waals surface area contributed by atoms with Crippen LogP contribution in [0.3, 0.4) is 0 Å². The van der Waals surface area contributed by atoms with Crippen LogP contribution in [0, 0.1) is 0 Å². The third-order valence-electron chi connectivity index (χ3n) is 1.86. The van der Waals surface area contributed by atoms with Crippen molar-refractivity contribution < 1.29 is 4.79 Å². The molecular formula is C9H7BrN2OS. The molecule has 2 rings (SSSR count). The van der Waals surface area contributed by atoms with Gasteiger partial charge >= 0.3 is 0 Å². The topological polar surface area (TPSA) is 45.8 Å². The number of carbonyl (C=O) groups excluding carboxylic acids is 1. The second-order valence-corrected chi connectivity index (χ2v) is 5.04. The van der Waals surface area contributed by atoms with Crippen LogP contribution in [0.15, 0.2) is 27.6 Å². The van der Waals surface area contributed by atoms with Gasteiger partial charge in [-0.3, -0.25) is 9.89 Å². The van der Waals surface area contributed by atoms with E-state index >= 15 is 0 Å². The summed E-state index contributed by atoms with van der Waals surface area (Å²) in [6.07, 6.45) is 3.58. The van der Waals surface area contributed by atoms with Crippen molar-refractivity contribution in [2.24, 2.45) is 0 Å². The molecule has 0 unspecified atom stereocenters. The van der Waals surface area contributed by atoms with Gasteiger partial charge in [-0.15, -0.1) is 11.3 Å². The molecule has 1 N–H and O–H groups in total. The fourth-order valence-corrected chi connectivity index (χ4v) is 2.36. The van der Waals surface area contributed by atoms with E-state index in [9.17, 15) is 4.79 Å². The summed E-state index contributed by atoms with van der Waals surface area (Å²) in [5, 5.41) is 8.33. The van der Waals surface area contributed by atoms with Gasteiger partial charge in [0, 0.05) is 12.6 Å². The molecule has 0 aliphatic rings. The molecule has 72 valence electrons. The Balaban J connectivity index is 2.13. The summed E-state index contributed by atoms with van der Waals surface area (Å²) in [7, 11) is 0. The Kier molecular flexibility index (Phi) is 2.79. The van der Waals surface area contributed by atoms with Gasteiger partial charge in [-0.05, 0) is 32.9 Å². The van der Waals surface area contributed by atoms with E-state index in [0.29, 0.717) is 12.0 Å². The Bertz CT molecular complexity index is 435. The van der Waals surface area contributed by atoms with Gasteiger partial charge in [-0.25, -0.2) is 0 Å². The smallest absolute Gasteiger partial charge is 0.170 e. The predicted octanol–water partition coefficient (Wildman–Crippen LogP) is 2.66. The number of carbonyl (C=O) groups is 1. The van der Waals surface area contributed by atoms with Crippen LogP contribution in [0.5, 0.6) is 0 Å². The van der Waals surface area contributed by atoms with Gasteiger partial charge in [0.1, 0.15) is 0 Å². The molecule has 0 aliphatic heterocycles. The first-order chi connectivity index (χ1) is 6.77. The Labute approximate surface area is 93.3 Å². The van der Waals surface area contributed by atoms with Gasteiger partial charge in [0.15, 0.2) is 5.78 Å². The molecule has 5 heteroatoms. The maximum absolute atomic E-state index is 11.6. The number of Topliss-reactive ketones (excluding diaryl/α,β-unsaturated/α-hetero) is 1. The molecule has 0 aromatic carbocycles. The van der Waals surface area contributed by atoms with E-state index in [1.165, 1.54) is 0 Å². The number of H-pyrrole nitrogens is 1. The number of thiophene rings is 1. The molecule has 0 amide bonds. The van der Waals surface area contributed by atoms with Gasteiger partial charge in [0.05, 0.1) is 15.5 Å². The zero-order valence-electron chi connectivity index (χ0n) is 7.16. The van der Waals surface area contributed by atoms with Crippen molar-refractivity contribution in [3.63, 3.8) is 0 Å². The molecule has 0 atom stereocenters. The predicted molar refractivity (Wildman–Crippen MR) is 58.6 cm³/mol. The maximum atomic E-state index is 11.6. The molecule has 0 radical (unpaired) electrons. The van der Waals surface area contributed by atoms with Gasteiger partial charge in [-0.1, -0.05) is 0 Å². The van der Waals surface area contributed by atoms with Crippen molar-refractivity contribution in [3.8, 4) is 0 Å². The fraction of sp³-hybridized carbons (Fsp3) is 0.111. The van der Waals surface area contributed by atoms with Crippen molar-refractivity contribution in [3.05, 3.63) is 38.8 Å². The van der Waals surface area contributed by atoms with Crippen LogP contribution < -0.4 is 0 Å². The number of nitrogens with zero attached hydrogens (tertiary/aromatic N) is 1. The Morgan fingerprint density at radius 3 is 3.07 bits per heavy atom. The van der Waals surface area contributed by atoms with Crippen molar-refractivity contribution in [1.29, 1.82) is 0 Å². The van der Waals surface area contributed by atoms with E-state index in [2.05, 4.69) is 26.1 Å². The third kappa shape index (κ3) is 1.93. The molecule has 2 heterocycles. The molecular weight excluding hydrogens is 264 g/mol. The molecule has 2 aromatic rings. The summed E-state index contributed by atoms with van der Waals surface area (Å²) < 4.78 is 1.02. The average molecular weight is 271 g/mol. The van der Waals surface area contributed by atoms with E-state index in [0.717, 1.165) is 9.35 Å². The molecule has 3 nitrogen and oxygen atoms in total. The van der Waals surface area contributed by atoms with Crippen LogP contribution in [0.25, 0.3) is 0 Å². The molecule has 0 saturated heterocycles. The third-order valence-corrected chi connectivity index (χ3v) is 3.68. The largest absolute Gasteiger partial charge is 0.294 e. The summed E-state index contributed by atoms with van der Waals surface area (Å²) >= 11 is 4.99.